The number of nitrogens with one attached hydrogen (secondary N) is 1. The Morgan fingerprint density at radius 3 is 2.78 bits per heavy atom. The molecule has 3 rings (SSSR count). The van der Waals surface area contributed by atoms with E-state index in [0.29, 0.717) is 16.9 Å². The van der Waals surface area contributed by atoms with Crippen LogP contribution in [-0.2, 0) is 6.54 Å². The molecule has 6 heteroatoms. The lowest BCUT2D eigenvalue weighted by molar-refractivity contribution is 0.0942. The fourth-order valence-electron chi connectivity index (χ4n) is 2.11. The summed E-state index contributed by atoms with van der Waals surface area (Å²) in [7, 11) is 0. The van der Waals surface area contributed by atoms with E-state index in [1.54, 1.807) is 30.3 Å². The maximum atomic E-state index is 13.1. The summed E-state index contributed by atoms with van der Waals surface area (Å²) in [6.45, 7) is 0.176. The molecular formula is C17H13FN2O3. The highest BCUT2D eigenvalue weighted by atomic mass is 19.1. The van der Waals surface area contributed by atoms with Gasteiger partial charge in [-0.15, -0.1) is 0 Å². The highest BCUT2D eigenvalue weighted by Crippen LogP contribution is 2.28. The molecule has 0 saturated heterocycles. The Hall–Kier alpha value is -3.15. The molecule has 0 spiro atoms. The molecule has 23 heavy (non-hydrogen) atoms. The van der Waals surface area contributed by atoms with Crippen molar-refractivity contribution in [1.82, 2.24) is 10.5 Å². The third-order valence-electron chi connectivity index (χ3n) is 3.25. The molecule has 5 nitrogen and oxygen atoms in total. The number of aromatic hydroxyl groups is 1. The summed E-state index contributed by atoms with van der Waals surface area (Å²) < 4.78 is 18.2. The van der Waals surface area contributed by atoms with Gasteiger partial charge in [-0.05, 0) is 29.8 Å². The van der Waals surface area contributed by atoms with Crippen LogP contribution >= 0.6 is 0 Å². The Balaban J connectivity index is 1.70. The normalized spacial score (nSPS) is 10.5. The Kier molecular flexibility index (Phi) is 4.05. The van der Waals surface area contributed by atoms with Gasteiger partial charge >= 0.3 is 0 Å². The van der Waals surface area contributed by atoms with Crippen LogP contribution in [0.4, 0.5) is 4.39 Å². The van der Waals surface area contributed by atoms with Gasteiger partial charge in [-0.2, -0.15) is 0 Å². The van der Waals surface area contributed by atoms with Crippen LogP contribution in [0.15, 0.2) is 59.1 Å². The van der Waals surface area contributed by atoms with E-state index in [1.807, 2.05) is 0 Å². The molecule has 0 aliphatic carbocycles. The van der Waals surface area contributed by atoms with Crippen molar-refractivity contribution in [3.8, 4) is 17.1 Å². The van der Waals surface area contributed by atoms with Crippen LogP contribution < -0.4 is 5.32 Å². The van der Waals surface area contributed by atoms with Crippen molar-refractivity contribution >= 4 is 5.91 Å². The SMILES string of the molecule is O=C(NCc1cccc(F)c1)c1cc(-c2ccccc2O)on1. The van der Waals surface area contributed by atoms with Crippen molar-refractivity contribution in [3.05, 3.63) is 71.7 Å². The Bertz CT molecular complexity index is 845. The number of aromatic nitrogens is 1. The summed E-state index contributed by atoms with van der Waals surface area (Å²) in [6, 6.07) is 14.0. The van der Waals surface area contributed by atoms with Crippen LogP contribution in [0.5, 0.6) is 5.75 Å². The number of phenols is 1. The van der Waals surface area contributed by atoms with Gasteiger partial charge in [-0.1, -0.05) is 29.4 Å². The van der Waals surface area contributed by atoms with Crippen molar-refractivity contribution in [3.63, 3.8) is 0 Å². The number of amides is 1. The fraction of sp³-hybridized carbons (Fsp3) is 0.0588. The molecule has 0 aliphatic heterocycles. The van der Waals surface area contributed by atoms with Crippen molar-refractivity contribution in [2.75, 3.05) is 0 Å². The van der Waals surface area contributed by atoms with Gasteiger partial charge in [0.2, 0.25) is 0 Å². The van der Waals surface area contributed by atoms with Crippen molar-refractivity contribution in [2.45, 2.75) is 6.54 Å². The second kappa shape index (κ2) is 6.31. The van der Waals surface area contributed by atoms with Gasteiger partial charge in [0.05, 0.1) is 5.56 Å². The van der Waals surface area contributed by atoms with Crippen LogP contribution in [0.2, 0.25) is 0 Å². The van der Waals surface area contributed by atoms with Crippen LogP contribution in [0.25, 0.3) is 11.3 Å². The summed E-state index contributed by atoms with van der Waals surface area (Å²) in [6.07, 6.45) is 0. The minimum Gasteiger partial charge on any atom is -0.507 e. The van der Waals surface area contributed by atoms with Gasteiger partial charge in [-0.3, -0.25) is 4.79 Å². The summed E-state index contributed by atoms with van der Waals surface area (Å²) in [4.78, 5) is 12.0. The molecule has 1 amide bonds. The van der Waals surface area contributed by atoms with Crippen molar-refractivity contribution in [1.29, 1.82) is 0 Å². The van der Waals surface area contributed by atoms with Crippen LogP contribution in [0.1, 0.15) is 16.1 Å². The largest absolute Gasteiger partial charge is 0.507 e. The number of hydrogen-bond acceptors (Lipinski definition) is 4. The number of halogens is 1. The van der Waals surface area contributed by atoms with E-state index in [4.69, 9.17) is 4.52 Å². The van der Waals surface area contributed by atoms with Crippen LogP contribution in [0, 0.1) is 5.82 Å². The summed E-state index contributed by atoms with van der Waals surface area (Å²) in [5.41, 5.74) is 1.17. The summed E-state index contributed by atoms with van der Waals surface area (Å²) in [5.74, 6) is -0.478. The first-order chi connectivity index (χ1) is 11.1. The molecule has 0 aliphatic rings. The second-order valence-electron chi connectivity index (χ2n) is 4.91. The van der Waals surface area contributed by atoms with Gasteiger partial charge in [0, 0.05) is 12.6 Å². The molecule has 0 radical (unpaired) electrons. The van der Waals surface area contributed by atoms with E-state index in [0.717, 1.165) is 0 Å². The maximum absolute atomic E-state index is 13.1. The van der Waals surface area contributed by atoms with Crippen molar-refractivity contribution < 1.29 is 18.8 Å². The highest BCUT2D eigenvalue weighted by molar-refractivity contribution is 5.93. The lowest BCUT2D eigenvalue weighted by Gasteiger charge is -2.02. The molecule has 0 bridgehead atoms. The lowest BCUT2D eigenvalue weighted by Crippen LogP contribution is -2.23. The van der Waals surface area contributed by atoms with E-state index in [1.165, 1.54) is 24.3 Å². The molecule has 3 aromatic rings. The number of hydrogen-bond donors (Lipinski definition) is 2. The predicted molar refractivity (Wildman–Crippen MR) is 81.2 cm³/mol. The Labute approximate surface area is 131 Å². The van der Waals surface area contributed by atoms with Gasteiger partial charge in [0.25, 0.3) is 5.91 Å². The monoisotopic (exact) mass is 312 g/mol. The van der Waals surface area contributed by atoms with Gasteiger partial charge in [0.1, 0.15) is 11.6 Å². The van der Waals surface area contributed by atoms with Gasteiger partial charge in [0.15, 0.2) is 11.5 Å². The highest BCUT2D eigenvalue weighted by Gasteiger charge is 2.15. The number of para-hydroxylation sites is 1. The fourth-order valence-corrected chi connectivity index (χ4v) is 2.11. The van der Waals surface area contributed by atoms with Crippen LogP contribution in [-0.4, -0.2) is 16.2 Å². The minimum atomic E-state index is -0.445. The first kappa shape index (κ1) is 14.8. The third-order valence-corrected chi connectivity index (χ3v) is 3.25. The number of carbonyl (C=O) groups is 1. The zero-order chi connectivity index (χ0) is 16.2. The number of nitrogens with zero attached hydrogens (tertiary/aromatic N) is 1. The smallest absolute Gasteiger partial charge is 0.273 e. The molecule has 2 aromatic carbocycles. The van der Waals surface area contributed by atoms with E-state index < -0.39 is 5.91 Å². The Morgan fingerprint density at radius 2 is 2.00 bits per heavy atom. The lowest BCUT2D eigenvalue weighted by atomic mass is 10.1. The molecule has 0 unspecified atom stereocenters. The quantitative estimate of drug-likeness (QED) is 0.776. The van der Waals surface area contributed by atoms with Crippen LogP contribution in [0.3, 0.4) is 0 Å². The number of benzene rings is 2. The molecular weight excluding hydrogens is 299 g/mol. The van der Waals surface area contributed by atoms with Gasteiger partial charge in [-0.25, -0.2) is 4.39 Å². The molecule has 0 atom stereocenters. The standard InChI is InChI=1S/C17H13FN2O3/c18-12-5-3-4-11(8-12)10-19-17(22)14-9-16(23-20-14)13-6-1-2-7-15(13)21/h1-9,21H,10H2,(H,19,22). The molecule has 116 valence electrons. The van der Waals surface area contributed by atoms with Gasteiger partial charge < -0.3 is 14.9 Å². The third kappa shape index (κ3) is 3.37. The Morgan fingerprint density at radius 1 is 1.17 bits per heavy atom. The molecule has 0 saturated carbocycles. The first-order valence-corrected chi connectivity index (χ1v) is 6.91. The zero-order valence-corrected chi connectivity index (χ0v) is 12.0. The average molecular weight is 312 g/mol. The zero-order valence-electron chi connectivity index (χ0n) is 12.0. The van der Waals surface area contributed by atoms with E-state index in [2.05, 4.69) is 10.5 Å². The second-order valence-corrected chi connectivity index (χ2v) is 4.91. The molecule has 0 fully saturated rings. The number of carbonyl (C=O) groups excluding carboxylic acids is 1. The number of phenolic OH excluding ortho intramolecular Hbond substituents is 1. The van der Waals surface area contributed by atoms with E-state index in [9.17, 15) is 14.3 Å². The van der Waals surface area contributed by atoms with E-state index >= 15 is 0 Å². The number of rotatable bonds is 4. The first-order valence-electron chi connectivity index (χ1n) is 6.91. The molecule has 2 N–H and O–H groups in total. The topological polar surface area (TPSA) is 75.4 Å². The predicted octanol–water partition coefficient (Wildman–Crippen LogP) is 3.12. The molecule has 1 aromatic heterocycles. The average Bonchev–Trinajstić information content (AvgIpc) is 3.03. The maximum Gasteiger partial charge on any atom is 0.273 e. The summed E-state index contributed by atoms with van der Waals surface area (Å²) >= 11 is 0. The van der Waals surface area contributed by atoms with E-state index in [-0.39, 0.29) is 23.8 Å². The molecule has 1 heterocycles. The summed E-state index contributed by atoms with van der Waals surface area (Å²) in [5, 5.41) is 16.1. The minimum absolute atomic E-state index is 0.0374. The van der Waals surface area contributed by atoms with Crippen molar-refractivity contribution in [2.24, 2.45) is 0 Å².